The molecule has 1 fully saturated rings. The van der Waals surface area contributed by atoms with E-state index in [1.54, 1.807) is 0 Å². The maximum Gasteiger partial charge on any atom is 0.0384 e. The van der Waals surface area contributed by atoms with E-state index in [4.69, 9.17) is 0 Å². The molecule has 0 heterocycles. The fourth-order valence-corrected chi connectivity index (χ4v) is 2.27. The van der Waals surface area contributed by atoms with E-state index in [1.165, 1.54) is 38.5 Å². The Bertz CT molecular complexity index is 383. The molecule has 19 heavy (non-hydrogen) atoms. The monoisotopic (exact) mass is 253 g/mol. The predicted octanol–water partition coefficient (Wildman–Crippen LogP) is 5.77. The molecule has 0 bridgehead atoms. The van der Waals surface area contributed by atoms with Crippen molar-refractivity contribution < 1.29 is 0 Å². The van der Waals surface area contributed by atoms with Gasteiger partial charge in [-0.05, 0) is 24.3 Å². The zero-order valence-electron chi connectivity index (χ0n) is 11.5. The van der Waals surface area contributed by atoms with Gasteiger partial charge in [-0.3, -0.25) is 0 Å². The van der Waals surface area contributed by atoms with Crippen LogP contribution < -0.4 is 5.32 Å². The summed E-state index contributed by atoms with van der Waals surface area (Å²) in [5, 5.41) is 3.30. The number of rotatable bonds is 2. The smallest absolute Gasteiger partial charge is 0.0384 e. The maximum absolute atomic E-state index is 3.30. The molecule has 2 aromatic rings. The van der Waals surface area contributed by atoms with Crippen molar-refractivity contribution in [3.05, 3.63) is 60.7 Å². The van der Waals surface area contributed by atoms with Gasteiger partial charge in [-0.15, -0.1) is 0 Å². The van der Waals surface area contributed by atoms with E-state index in [2.05, 4.69) is 5.32 Å². The summed E-state index contributed by atoms with van der Waals surface area (Å²) in [5.41, 5.74) is 2.24. The first-order valence-corrected chi connectivity index (χ1v) is 7.32. The van der Waals surface area contributed by atoms with Crippen LogP contribution >= 0.6 is 0 Å². The Balaban J connectivity index is 0.000000186. The molecule has 1 nitrogen and oxygen atoms in total. The Kier molecular flexibility index (Phi) is 6.01. The average molecular weight is 253 g/mol. The Labute approximate surface area is 116 Å². The molecule has 0 unspecified atom stereocenters. The standard InChI is InChI=1S/C12H11N.C6H12/c1-3-7-11(8-4-1)13-12-9-5-2-6-10-12;1-2-4-6-5-3-1/h1-10,13H;1-6H2. The van der Waals surface area contributed by atoms with E-state index in [1.807, 2.05) is 60.7 Å². The molecule has 1 aliphatic carbocycles. The van der Waals surface area contributed by atoms with Gasteiger partial charge < -0.3 is 5.32 Å². The second-order valence-corrected chi connectivity index (χ2v) is 4.98. The van der Waals surface area contributed by atoms with Gasteiger partial charge in [-0.1, -0.05) is 74.9 Å². The minimum absolute atomic E-state index is 1.12. The molecule has 0 radical (unpaired) electrons. The first-order chi connectivity index (χ1) is 9.45. The topological polar surface area (TPSA) is 12.0 Å². The van der Waals surface area contributed by atoms with E-state index < -0.39 is 0 Å². The van der Waals surface area contributed by atoms with Crippen LogP contribution in [0.5, 0.6) is 0 Å². The molecule has 0 spiro atoms. The summed E-state index contributed by atoms with van der Waals surface area (Å²) in [6.45, 7) is 0. The highest BCUT2D eigenvalue weighted by Gasteiger charge is 1.95. The summed E-state index contributed by atoms with van der Waals surface area (Å²) in [6, 6.07) is 20.3. The number of hydrogen-bond donors (Lipinski definition) is 1. The summed E-state index contributed by atoms with van der Waals surface area (Å²) in [4.78, 5) is 0. The molecule has 1 saturated carbocycles. The maximum atomic E-state index is 3.30. The number of nitrogens with one attached hydrogen (secondary N) is 1. The van der Waals surface area contributed by atoms with E-state index >= 15 is 0 Å². The molecular formula is C18H23N. The molecular weight excluding hydrogens is 230 g/mol. The van der Waals surface area contributed by atoms with Gasteiger partial charge >= 0.3 is 0 Å². The second kappa shape index (κ2) is 8.36. The molecule has 0 amide bonds. The summed E-state index contributed by atoms with van der Waals surface area (Å²) < 4.78 is 0. The van der Waals surface area contributed by atoms with Crippen molar-refractivity contribution >= 4 is 11.4 Å². The van der Waals surface area contributed by atoms with Crippen molar-refractivity contribution in [2.75, 3.05) is 5.32 Å². The van der Waals surface area contributed by atoms with Gasteiger partial charge in [0, 0.05) is 11.4 Å². The largest absolute Gasteiger partial charge is 0.356 e. The Morgan fingerprint density at radius 2 is 0.789 bits per heavy atom. The van der Waals surface area contributed by atoms with E-state index in [-0.39, 0.29) is 0 Å². The van der Waals surface area contributed by atoms with Crippen LogP contribution in [0.1, 0.15) is 38.5 Å². The van der Waals surface area contributed by atoms with Crippen LogP contribution in [0.4, 0.5) is 11.4 Å². The highest BCUT2D eigenvalue weighted by molar-refractivity contribution is 5.58. The fraction of sp³-hybridized carbons (Fsp3) is 0.333. The number of anilines is 2. The third-order valence-corrected chi connectivity index (χ3v) is 3.34. The molecule has 3 rings (SSSR count). The second-order valence-electron chi connectivity index (χ2n) is 4.98. The highest BCUT2D eigenvalue weighted by atomic mass is 14.9. The number of para-hydroxylation sites is 2. The van der Waals surface area contributed by atoms with Crippen LogP contribution in [0, 0.1) is 0 Å². The van der Waals surface area contributed by atoms with Crippen molar-refractivity contribution in [3.63, 3.8) is 0 Å². The predicted molar refractivity (Wildman–Crippen MR) is 83.9 cm³/mol. The SMILES string of the molecule is C1CCCCC1.c1ccc(Nc2ccccc2)cc1. The molecule has 1 heteroatoms. The van der Waals surface area contributed by atoms with Crippen LogP contribution in [0.2, 0.25) is 0 Å². The van der Waals surface area contributed by atoms with Crippen molar-refractivity contribution in [1.29, 1.82) is 0 Å². The van der Waals surface area contributed by atoms with Gasteiger partial charge in [0.1, 0.15) is 0 Å². The Morgan fingerprint density at radius 3 is 1.11 bits per heavy atom. The van der Waals surface area contributed by atoms with Gasteiger partial charge in [0.05, 0.1) is 0 Å². The molecule has 0 atom stereocenters. The summed E-state index contributed by atoms with van der Waals surface area (Å²) in [6.07, 6.45) is 9.00. The average Bonchev–Trinajstić information content (AvgIpc) is 2.52. The summed E-state index contributed by atoms with van der Waals surface area (Å²) in [5.74, 6) is 0. The molecule has 2 aromatic carbocycles. The van der Waals surface area contributed by atoms with Gasteiger partial charge in [-0.25, -0.2) is 0 Å². The van der Waals surface area contributed by atoms with Crippen LogP contribution in [0.25, 0.3) is 0 Å². The first-order valence-electron chi connectivity index (χ1n) is 7.32. The van der Waals surface area contributed by atoms with Crippen LogP contribution in [0.3, 0.4) is 0 Å². The lowest BCUT2D eigenvalue weighted by Gasteiger charge is -2.05. The number of benzene rings is 2. The molecule has 100 valence electrons. The fourth-order valence-electron chi connectivity index (χ4n) is 2.27. The molecule has 0 aliphatic heterocycles. The van der Waals surface area contributed by atoms with Gasteiger partial charge in [0.15, 0.2) is 0 Å². The van der Waals surface area contributed by atoms with E-state index in [0.29, 0.717) is 0 Å². The lowest BCUT2D eigenvalue weighted by molar-refractivity contribution is 0.504. The molecule has 1 aliphatic rings. The summed E-state index contributed by atoms with van der Waals surface area (Å²) >= 11 is 0. The highest BCUT2D eigenvalue weighted by Crippen LogP contribution is 2.15. The lowest BCUT2D eigenvalue weighted by atomic mass is 10.0. The quantitative estimate of drug-likeness (QED) is 0.716. The third-order valence-electron chi connectivity index (χ3n) is 3.34. The van der Waals surface area contributed by atoms with Crippen molar-refractivity contribution in [2.45, 2.75) is 38.5 Å². The van der Waals surface area contributed by atoms with Gasteiger partial charge in [-0.2, -0.15) is 0 Å². The lowest BCUT2D eigenvalue weighted by Crippen LogP contribution is -1.87. The summed E-state index contributed by atoms with van der Waals surface area (Å²) in [7, 11) is 0. The van der Waals surface area contributed by atoms with Crippen molar-refractivity contribution in [3.8, 4) is 0 Å². The van der Waals surface area contributed by atoms with Gasteiger partial charge in [0.2, 0.25) is 0 Å². The van der Waals surface area contributed by atoms with Crippen LogP contribution in [0.15, 0.2) is 60.7 Å². The number of hydrogen-bond acceptors (Lipinski definition) is 1. The normalized spacial score (nSPS) is 14.1. The molecule has 0 aromatic heterocycles. The Hall–Kier alpha value is -1.76. The minimum Gasteiger partial charge on any atom is -0.356 e. The van der Waals surface area contributed by atoms with Crippen LogP contribution in [-0.2, 0) is 0 Å². The van der Waals surface area contributed by atoms with Gasteiger partial charge in [0.25, 0.3) is 0 Å². The zero-order chi connectivity index (χ0) is 13.2. The minimum atomic E-state index is 1.12. The first kappa shape index (κ1) is 13.7. The van der Waals surface area contributed by atoms with Crippen molar-refractivity contribution in [2.24, 2.45) is 0 Å². The van der Waals surface area contributed by atoms with E-state index in [9.17, 15) is 0 Å². The zero-order valence-corrected chi connectivity index (χ0v) is 11.5. The molecule has 0 saturated heterocycles. The third kappa shape index (κ3) is 5.60. The van der Waals surface area contributed by atoms with Crippen molar-refractivity contribution in [1.82, 2.24) is 0 Å². The Morgan fingerprint density at radius 1 is 0.474 bits per heavy atom. The van der Waals surface area contributed by atoms with E-state index in [0.717, 1.165) is 11.4 Å². The van der Waals surface area contributed by atoms with Crippen LogP contribution in [-0.4, -0.2) is 0 Å². The molecule has 1 N–H and O–H groups in total.